The second-order valence-corrected chi connectivity index (χ2v) is 8.10. The van der Waals surface area contributed by atoms with E-state index in [1.54, 1.807) is 7.11 Å². The van der Waals surface area contributed by atoms with E-state index in [4.69, 9.17) is 14.2 Å². The molecule has 1 aliphatic heterocycles. The molecule has 0 spiro atoms. The number of benzene rings is 2. The minimum absolute atomic E-state index is 0. The molecule has 1 atom stereocenters. The van der Waals surface area contributed by atoms with Gasteiger partial charge in [-0.15, -0.1) is 24.8 Å². The molecule has 2 aromatic carbocycles. The lowest BCUT2D eigenvalue weighted by molar-refractivity contribution is -0.146. The van der Waals surface area contributed by atoms with Crippen molar-refractivity contribution in [3.05, 3.63) is 60.2 Å². The minimum atomic E-state index is -0.173. The van der Waals surface area contributed by atoms with Crippen LogP contribution in [0.1, 0.15) is 31.2 Å². The van der Waals surface area contributed by atoms with Crippen LogP contribution in [0.4, 0.5) is 0 Å². The summed E-state index contributed by atoms with van der Waals surface area (Å²) in [5.41, 5.74) is 1.03. The molecule has 1 aliphatic rings. The van der Waals surface area contributed by atoms with E-state index in [2.05, 4.69) is 9.80 Å². The van der Waals surface area contributed by atoms with Gasteiger partial charge < -0.3 is 19.1 Å². The molecule has 34 heavy (non-hydrogen) atoms. The Kier molecular flexibility index (Phi) is 14.7. The highest BCUT2D eigenvalue weighted by molar-refractivity contribution is 5.85. The molecule has 0 aromatic heterocycles. The van der Waals surface area contributed by atoms with Gasteiger partial charge in [0.1, 0.15) is 18.1 Å². The number of carbonyl (C=O) groups is 1. The zero-order chi connectivity index (χ0) is 22.6. The molecule has 1 heterocycles. The van der Waals surface area contributed by atoms with Gasteiger partial charge in [-0.25, -0.2) is 0 Å². The second kappa shape index (κ2) is 16.6. The first-order valence-electron chi connectivity index (χ1n) is 11.6. The topological polar surface area (TPSA) is 51.2 Å². The number of halogens is 2. The molecule has 8 heteroatoms. The number of piperazine rings is 1. The monoisotopic (exact) mass is 512 g/mol. The van der Waals surface area contributed by atoms with E-state index in [1.807, 2.05) is 61.5 Å². The van der Waals surface area contributed by atoms with E-state index >= 15 is 0 Å². The Morgan fingerprint density at radius 2 is 1.44 bits per heavy atom. The van der Waals surface area contributed by atoms with Gasteiger partial charge in [0.2, 0.25) is 0 Å². The first-order chi connectivity index (χ1) is 15.7. The molecule has 2 aromatic rings. The van der Waals surface area contributed by atoms with Crippen LogP contribution in [0.5, 0.6) is 11.5 Å². The third kappa shape index (κ3) is 9.71. The third-order valence-electron chi connectivity index (χ3n) is 5.96. The SMILES string of the molecule is CCC(C(=O)OCCN1CCN(CCCOc2ccc(OC)cc2)CC1)c1ccccc1.Cl.Cl. The van der Waals surface area contributed by atoms with Crippen molar-refractivity contribution in [3.8, 4) is 11.5 Å². The molecule has 3 rings (SSSR count). The molecule has 1 fully saturated rings. The lowest BCUT2D eigenvalue weighted by Crippen LogP contribution is -2.47. The number of carbonyl (C=O) groups excluding carboxylic acids is 1. The van der Waals surface area contributed by atoms with E-state index in [9.17, 15) is 4.79 Å². The van der Waals surface area contributed by atoms with Crippen LogP contribution in [0.15, 0.2) is 54.6 Å². The van der Waals surface area contributed by atoms with Crippen LogP contribution < -0.4 is 9.47 Å². The second-order valence-electron chi connectivity index (χ2n) is 8.10. The van der Waals surface area contributed by atoms with Gasteiger partial charge in [0.15, 0.2) is 0 Å². The maximum absolute atomic E-state index is 12.5. The van der Waals surface area contributed by atoms with Crippen LogP contribution in [0.2, 0.25) is 0 Å². The minimum Gasteiger partial charge on any atom is -0.497 e. The molecule has 0 N–H and O–H groups in total. The summed E-state index contributed by atoms with van der Waals surface area (Å²) >= 11 is 0. The lowest BCUT2D eigenvalue weighted by Gasteiger charge is -2.34. The van der Waals surface area contributed by atoms with Crippen molar-refractivity contribution in [2.45, 2.75) is 25.7 Å². The van der Waals surface area contributed by atoms with E-state index in [-0.39, 0.29) is 36.7 Å². The lowest BCUT2D eigenvalue weighted by atomic mass is 9.97. The van der Waals surface area contributed by atoms with Crippen LogP contribution in [0, 0.1) is 0 Å². The van der Waals surface area contributed by atoms with Crippen LogP contribution in [-0.4, -0.2) is 75.4 Å². The fourth-order valence-electron chi connectivity index (χ4n) is 3.99. The Hall–Kier alpha value is -1.99. The highest BCUT2D eigenvalue weighted by atomic mass is 35.5. The molecule has 0 radical (unpaired) electrons. The van der Waals surface area contributed by atoms with E-state index < -0.39 is 0 Å². The van der Waals surface area contributed by atoms with Gasteiger partial charge in [0.05, 0.1) is 19.6 Å². The number of ether oxygens (including phenoxy) is 3. The Morgan fingerprint density at radius 3 is 2.03 bits per heavy atom. The predicted molar refractivity (Wildman–Crippen MR) is 141 cm³/mol. The Morgan fingerprint density at radius 1 is 0.853 bits per heavy atom. The van der Waals surface area contributed by atoms with E-state index in [1.165, 1.54) is 0 Å². The molecule has 1 saturated heterocycles. The zero-order valence-corrected chi connectivity index (χ0v) is 21.8. The molecule has 0 bridgehead atoms. The summed E-state index contributed by atoms with van der Waals surface area (Å²) < 4.78 is 16.6. The van der Waals surface area contributed by atoms with Gasteiger partial charge in [-0.05, 0) is 42.7 Å². The maximum Gasteiger partial charge on any atom is 0.313 e. The highest BCUT2D eigenvalue weighted by Gasteiger charge is 2.21. The molecule has 0 saturated carbocycles. The van der Waals surface area contributed by atoms with Crippen LogP contribution in [0.25, 0.3) is 0 Å². The smallest absolute Gasteiger partial charge is 0.313 e. The number of methoxy groups -OCH3 is 1. The molecule has 190 valence electrons. The Balaban J connectivity index is 0.00000289. The number of hydrogen-bond donors (Lipinski definition) is 0. The molecule has 0 aliphatic carbocycles. The largest absolute Gasteiger partial charge is 0.497 e. The van der Waals surface area contributed by atoms with Gasteiger partial charge in [0, 0.05) is 39.3 Å². The quantitative estimate of drug-likeness (QED) is 0.304. The van der Waals surface area contributed by atoms with E-state index in [0.717, 1.165) is 69.2 Å². The maximum atomic E-state index is 12.5. The van der Waals surface area contributed by atoms with Gasteiger partial charge >= 0.3 is 5.97 Å². The van der Waals surface area contributed by atoms with Gasteiger partial charge in [-0.1, -0.05) is 37.3 Å². The average molecular weight is 514 g/mol. The fraction of sp³-hybridized carbons (Fsp3) is 0.500. The van der Waals surface area contributed by atoms with Crippen molar-refractivity contribution >= 4 is 30.8 Å². The number of rotatable bonds is 12. The summed E-state index contributed by atoms with van der Waals surface area (Å²) in [6.45, 7) is 9.12. The molecule has 6 nitrogen and oxygen atoms in total. The summed E-state index contributed by atoms with van der Waals surface area (Å²) in [5.74, 6) is 1.43. The van der Waals surface area contributed by atoms with Gasteiger partial charge in [0.25, 0.3) is 0 Å². The van der Waals surface area contributed by atoms with Gasteiger partial charge in [-0.2, -0.15) is 0 Å². The first-order valence-corrected chi connectivity index (χ1v) is 11.6. The van der Waals surface area contributed by atoms with Crippen molar-refractivity contribution in [1.82, 2.24) is 9.80 Å². The number of hydrogen-bond acceptors (Lipinski definition) is 6. The van der Waals surface area contributed by atoms with Crippen molar-refractivity contribution in [1.29, 1.82) is 0 Å². The van der Waals surface area contributed by atoms with Crippen molar-refractivity contribution in [3.63, 3.8) is 0 Å². The van der Waals surface area contributed by atoms with Crippen LogP contribution in [-0.2, 0) is 9.53 Å². The summed E-state index contributed by atoms with van der Waals surface area (Å²) in [6.07, 6.45) is 1.76. The van der Waals surface area contributed by atoms with Crippen molar-refractivity contribution < 1.29 is 19.0 Å². The Bertz CT molecular complexity index is 800. The van der Waals surface area contributed by atoms with Crippen molar-refractivity contribution in [2.75, 3.05) is 59.6 Å². The number of nitrogens with zero attached hydrogens (tertiary/aromatic N) is 2. The summed E-state index contributed by atoms with van der Waals surface area (Å²) in [7, 11) is 1.66. The highest BCUT2D eigenvalue weighted by Crippen LogP contribution is 2.21. The van der Waals surface area contributed by atoms with E-state index in [0.29, 0.717) is 13.2 Å². The predicted octanol–water partition coefficient (Wildman–Crippen LogP) is 4.66. The Labute approximate surface area is 216 Å². The average Bonchev–Trinajstić information content (AvgIpc) is 2.84. The molecule has 0 amide bonds. The van der Waals surface area contributed by atoms with Gasteiger partial charge in [-0.3, -0.25) is 9.69 Å². The molecular weight excluding hydrogens is 475 g/mol. The summed E-state index contributed by atoms with van der Waals surface area (Å²) in [6, 6.07) is 17.6. The summed E-state index contributed by atoms with van der Waals surface area (Å²) in [5, 5.41) is 0. The normalized spacial score (nSPS) is 14.9. The third-order valence-corrected chi connectivity index (χ3v) is 5.96. The fourth-order valence-corrected chi connectivity index (χ4v) is 3.99. The first kappa shape index (κ1) is 30.0. The number of esters is 1. The zero-order valence-electron chi connectivity index (χ0n) is 20.2. The standard InChI is InChI=1S/C26H36N2O4.2ClH/c1-3-25(22-8-5-4-6-9-22)26(29)32-21-19-28-17-15-27(16-18-28)14-7-20-31-24-12-10-23(30-2)11-13-24;;/h4-6,8-13,25H,3,7,14-21H2,1-2H3;2*1H. The van der Waals surface area contributed by atoms with Crippen LogP contribution >= 0.6 is 24.8 Å². The summed E-state index contributed by atoms with van der Waals surface area (Å²) in [4.78, 5) is 17.3. The van der Waals surface area contributed by atoms with Crippen molar-refractivity contribution in [2.24, 2.45) is 0 Å². The molecule has 1 unspecified atom stereocenters. The molecular formula is C26H38Cl2N2O4. The van der Waals surface area contributed by atoms with Crippen LogP contribution in [0.3, 0.4) is 0 Å².